The zero-order valence-corrected chi connectivity index (χ0v) is 12.6. The number of rotatable bonds is 2. The Hall–Kier alpha value is -1.36. The average molecular weight is 292 g/mol. The lowest BCUT2D eigenvalue weighted by atomic mass is 9.86. The number of piperidine rings is 1. The fourth-order valence-electron chi connectivity index (χ4n) is 3.42. The predicted molar refractivity (Wildman–Crippen MR) is 78.6 cm³/mol. The first-order valence-corrected chi connectivity index (χ1v) is 8.10. The maximum absolute atomic E-state index is 12.4. The molecule has 2 amide bonds. The van der Waals surface area contributed by atoms with Gasteiger partial charge in [-0.1, -0.05) is 0 Å². The summed E-state index contributed by atoms with van der Waals surface area (Å²) in [7, 11) is 1.89. The first-order chi connectivity index (χ1) is 9.61. The molecule has 0 saturated carbocycles. The molecule has 1 aromatic heterocycles. The first kappa shape index (κ1) is 13.6. The van der Waals surface area contributed by atoms with E-state index < -0.39 is 0 Å². The standard InChI is InChI=1S/C15H20N2O2S/c1-16-13(18)3-6-15(16)5-2-7-17(11-15)14(19)9-12-4-8-20-10-12/h4,8,10H,2-3,5-7,9,11H2,1H3. The van der Waals surface area contributed by atoms with Crippen LogP contribution >= 0.6 is 11.3 Å². The molecule has 1 aromatic rings. The van der Waals surface area contributed by atoms with Gasteiger partial charge >= 0.3 is 0 Å². The van der Waals surface area contributed by atoms with E-state index in [0.29, 0.717) is 19.4 Å². The number of likely N-dealkylation sites (tertiary alicyclic amines) is 2. The fourth-order valence-corrected chi connectivity index (χ4v) is 4.09. The molecule has 2 aliphatic rings. The number of carbonyl (C=O) groups is 2. The molecule has 5 heteroatoms. The summed E-state index contributed by atoms with van der Waals surface area (Å²) < 4.78 is 0. The Kier molecular flexibility index (Phi) is 3.54. The van der Waals surface area contributed by atoms with Crippen molar-refractivity contribution in [2.45, 2.75) is 37.6 Å². The lowest BCUT2D eigenvalue weighted by molar-refractivity contribution is -0.138. The largest absolute Gasteiger partial charge is 0.340 e. The zero-order chi connectivity index (χ0) is 14.2. The molecule has 1 atom stereocenters. The Morgan fingerprint density at radius 2 is 2.30 bits per heavy atom. The Labute approximate surface area is 123 Å². The van der Waals surface area contributed by atoms with Gasteiger partial charge in [0.2, 0.25) is 11.8 Å². The van der Waals surface area contributed by atoms with E-state index in [2.05, 4.69) is 0 Å². The molecular formula is C15H20N2O2S. The van der Waals surface area contributed by atoms with Crippen LogP contribution in [0.3, 0.4) is 0 Å². The second-order valence-corrected chi connectivity index (χ2v) is 6.68. The summed E-state index contributed by atoms with van der Waals surface area (Å²) in [4.78, 5) is 28.1. The van der Waals surface area contributed by atoms with Crippen LogP contribution in [0.25, 0.3) is 0 Å². The van der Waals surface area contributed by atoms with Crippen molar-refractivity contribution in [2.24, 2.45) is 0 Å². The lowest BCUT2D eigenvalue weighted by Gasteiger charge is -2.44. The Balaban J connectivity index is 1.69. The summed E-state index contributed by atoms with van der Waals surface area (Å²) in [5.74, 6) is 0.410. The molecular weight excluding hydrogens is 272 g/mol. The normalized spacial score (nSPS) is 26.6. The zero-order valence-electron chi connectivity index (χ0n) is 11.8. The molecule has 3 heterocycles. The minimum atomic E-state index is -0.0976. The van der Waals surface area contributed by atoms with Gasteiger partial charge in [-0.25, -0.2) is 0 Å². The first-order valence-electron chi connectivity index (χ1n) is 7.16. The highest BCUT2D eigenvalue weighted by Gasteiger charge is 2.46. The molecule has 0 radical (unpaired) electrons. The van der Waals surface area contributed by atoms with Crippen molar-refractivity contribution in [1.29, 1.82) is 0 Å². The van der Waals surface area contributed by atoms with Crippen LogP contribution in [0.5, 0.6) is 0 Å². The summed E-state index contributed by atoms with van der Waals surface area (Å²) in [5.41, 5.74) is 0.995. The van der Waals surface area contributed by atoms with E-state index in [1.807, 2.05) is 33.7 Å². The van der Waals surface area contributed by atoms with Crippen LogP contribution in [0.4, 0.5) is 0 Å². The van der Waals surface area contributed by atoms with Crippen LogP contribution in [0.15, 0.2) is 16.8 Å². The third-order valence-corrected chi connectivity index (χ3v) is 5.47. The topological polar surface area (TPSA) is 40.6 Å². The smallest absolute Gasteiger partial charge is 0.227 e. The number of carbonyl (C=O) groups excluding carboxylic acids is 2. The van der Waals surface area contributed by atoms with Crippen molar-refractivity contribution in [1.82, 2.24) is 9.80 Å². The number of amides is 2. The molecule has 1 unspecified atom stereocenters. The molecule has 2 saturated heterocycles. The lowest BCUT2D eigenvalue weighted by Crippen LogP contribution is -2.56. The third-order valence-electron chi connectivity index (χ3n) is 4.73. The molecule has 4 nitrogen and oxygen atoms in total. The van der Waals surface area contributed by atoms with E-state index in [9.17, 15) is 9.59 Å². The molecule has 0 aromatic carbocycles. The summed E-state index contributed by atoms with van der Waals surface area (Å²) in [6.07, 6.45) is 4.02. The van der Waals surface area contributed by atoms with Crippen molar-refractivity contribution in [3.8, 4) is 0 Å². The number of thiophene rings is 1. The number of hydrogen-bond donors (Lipinski definition) is 0. The van der Waals surface area contributed by atoms with Crippen molar-refractivity contribution in [2.75, 3.05) is 20.1 Å². The molecule has 0 N–H and O–H groups in total. The minimum Gasteiger partial charge on any atom is -0.340 e. The molecule has 0 aliphatic carbocycles. The summed E-state index contributed by atoms with van der Waals surface area (Å²) >= 11 is 1.62. The van der Waals surface area contributed by atoms with Gasteiger partial charge in [0.05, 0.1) is 12.0 Å². The van der Waals surface area contributed by atoms with Gasteiger partial charge in [-0.2, -0.15) is 11.3 Å². The number of hydrogen-bond acceptors (Lipinski definition) is 3. The fraction of sp³-hybridized carbons (Fsp3) is 0.600. The maximum Gasteiger partial charge on any atom is 0.227 e. The van der Waals surface area contributed by atoms with E-state index in [1.165, 1.54) is 0 Å². The summed E-state index contributed by atoms with van der Waals surface area (Å²) in [6, 6.07) is 2.01. The van der Waals surface area contributed by atoms with Crippen molar-refractivity contribution >= 4 is 23.2 Å². The Bertz CT molecular complexity index is 514. The van der Waals surface area contributed by atoms with Crippen molar-refractivity contribution in [3.05, 3.63) is 22.4 Å². The second kappa shape index (κ2) is 5.20. The number of nitrogens with zero attached hydrogens (tertiary/aromatic N) is 2. The van der Waals surface area contributed by atoms with Gasteiger partial charge in [0.25, 0.3) is 0 Å². The molecule has 0 bridgehead atoms. The van der Waals surface area contributed by atoms with Crippen molar-refractivity contribution in [3.63, 3.8) is 0 Å². The van der Waals surface area contributed by atoms with Gasteiger partial charge < -0.3 is 9.80 Å². The van der Waals surface area contributed by atoms with Gasteiger partial charge in [-0.05, 0) is 41.7 Å². The molecule has 2 aliphatic heterocycles. The van der Waals surface area contributed by atoms with Gasteiger partial charge in [-0.3, -0.25) is 9.59 Å². The van der Waals surface area contributed by atoms with Gasteiger partial charge in [0, 0.05) is 26.6 Å². The maximum atomic E-state index is 12.4. The molecule has 1 spiro atoms. The van der Waals surface area contributed by atoms with Crippen LogP contribution in [0.1, 0.15) is 31.2 Å². The second-order valence-electron chi connectivity index (χ2n) is 5.90. The van der Waals surface area contributed by atoms with E-state index in [1.54, 1.807) is 11.3 Å². The quantitative estimate of drug-likeness (QED) is 0.835. The highest BCUT2D eigenvalue weighted by Crippen LogP contribution is 2.36. The van der Waals surface area contributed by atoms with E-state index in [0.717, 1.165) is 31.4 Å². The molecule has 3 rings (SSSR count). The summed E-state index contributed by atoms with van der Waals surface area (Å²) in [5, 5.41) is 4.03. The SMILES string of the molecule is CN1C(=O)CCC12CCCN(C(=O)Cc1ccsc1)C2. The predicted octanol–water partition coefficient (Wildman–Crippen LogP) is 1.90. The Morgan fingerprint density at radius 3 is 2.95 bits per heavy atom. The summed E-state index contributed by atoms with van der Waals surface area (Å²) in [6.45, 7) is 1.53. The van der Waals surface area contributed by atoms with E-state index >= 15 is 0 Å². The highest BCUT2D eigenvalue weighted by atomic mass is 32.1. The van der Waals surface area contributed by atoms with Crippen LogP contribution in [-0.2, 0) is 16.0 Å². The van der Waals surface area contributed by atoms with Crippen LogP contribution < -0.4 is 0 Å². The van der Waals surface area contributed by atoms with Crippen LogP contribution in [0, 0.1) is 0 Å². The van der Waals surface area contributed by atoms with Crippen LogP contribution in [0.2, 0.25) is 0 Å². The molecule has 2 fully saturated rings. The van der Waals surface area contributed by atoms with E-state index in [-0.39, 0.29) is 17.4 Å². The van der Waals surface area contributed by atoms with Gasteiger partial charge in [-0.15, -0.1) is 0 Å². The van der Waals surface area contributed by atoms with Crippen LogP contribution in [-0.4, -0.2) is 47.3 Å². The molecule has 108 valence electrons. The monoisotopic (exact) mass is 292 g/mol. The molecule has 20 heavy (non-hydrogen) atoms. The van der Waals surface area contributed by atoms with Gasteiger partial charge in [0.1, 0.15) is 0 Å². The van der Waals surface area contributed by atoms with E-state index in [4.69, 9.17) is 0 Å². The average Bonchev–Trinajstić information content (AvgIpc) is 3.04. The third kappa shape index (κ3) is 2.35. The Morgan fingerprint density at radius 1 is 1.45 bits per heavy atom. The van der Waals surface area contributed by atoms with Crippen molar-refractivity contribution < 1.29 is 9.59 Å². The highest BCUT2D eigenvalue weighted by molar-refractivity contribution is 7.07. The number of likely N-dealkylation sites (N-methyl/N-ethyl adjacent to an activating group) is 1. The minimum absolute atomic E-state index is 0.0976. The van der Waals surface area contributed by atoms with Gasteiger partial charge in [0.15, 0.2) is 0 Å².